The van der Waals surface area contributed by atoms with Gasteiger partial charge in [0.05, 0.1) is 11.6 Å². The Morgan fingerprint density at radius 3 is 2.09 bits per heavy atom. The van der Waals surface area contributed by atoms with Gasteiger partial charge >= 0.3 is 24.1 Å². The first-order valence-electron chi connectivity index (χ1n) is 8.91. The van der Waals surface area contributed by atoms with Gasteiger partial charge in [0.15, 0.2) is 5.13 Å². The van der Waals surface area contributed by atoms with E-state index in [1.54, 1.807) is 50.1 Å². The van der Waals surface area contributed by atoms with Crippen LogP contribution in [0.5, 0.6) is 5.75 Å². The number of carboxylic acid groups (broad SMARTS) is 2. The Balaban J connectivity index is 0.000000675. The van der Waals surface area contributed by atoms with E-state index < -0.39 is 29.5 Å². The molecule has 0 bridgehead atoms. The van der Waals surface area contributed by atoms with Crippen molar-refractivity contribution in [2.75, 3.05) is 18.5 Å². The summed E-state index contributed by atoms with van der Waals surface area (Å²) in [5.41, 5.74) is 4.97. The second-order valence-electron chi connectivity index (χ2n) is 7.18. The topological polar surface area (TPSA) is 167 Å². The van der Waals surface area contributed by atoms with Crippen molar-refractivity contribution in [2.45, 2.75) is 20.0 Å². The van der Waals surface area contributed by atoms with E-state index in [9.17, 15) is 27.9 Å². The fourth-order valence-corrected chi connectivity index (χ4v) is 2.88. The van der Waals surface area contributed by atoms with Crippen molar-refractivity contribution in [3.63, 3.8) is 0 Å². The Kier molecular flexibility index (Phi) is 8.92. The fraction of sp³-hybridized carbons (Fsp3) is 0.316. The van der Waals surface area contributed by atoms with Crippen molar-refractivity contribution >= 4 is 40.2 Å². The molecule has 10 nitrogen and oxygen atoms in total. The van der Waals surface area contributed by atoms with Crippen LogP contribution >= 0.6 is 11.3 Å². The van der Waals surface area contributed by atoms with E-state index in [-0.39, 0.29) is 12.4 Å². The molecule has 0 aliphatic rings. The number of aliphatic carboxylic acids is 2. The third-order valence-electron chi connectivity index (χ3n) is 3.85. The number of carbonyl (C=O) groups excluding carboxylic acids is 1. The number of alkyl halides is 3. The first-order valence-corrected chi connectivity index (χ1v) is 9.73. The standard InChI is InChI=1S/C17H20N4O4S.C2HF3O2/c1-17(2,15(23)24)9-21(3)16-20-8-12(26-16)14(22)25-11-6-4-10(5-7-11)13(18)19;3-2(4,5)1(6)7/h4-8H,9H2,1-3H3,(H3,18,19)(H,23,24);(H,6,7). The van der Waals surface area contributed by atoms with Gasteiger partial charge in [0, 0.05) is 19.2 Å². The number of amidine groups is 1. The lowest BCUT2D eigenvalue weighted by molar-refractivity contribution is -0.192. The van der Waals surface area contributed by atoms with Crippen molar-refractivity contribution in [1.82, 2.24) is 4.98 Å². The number of aromatic nitrogens is 1. The van der Waals surface area contributed by atoms with Gasteiger partial charge in [0.2, 0.25) is 0 Å². The van der Waals surface area contributed by atoms with E-state index in [0.29, 0.717) is 21.3 Å². The molecule has 0 unspecified atom stereocenters. The Bertz CT molecular complexity index is 1020. The van der Waals surface area contributed by atoms with Crippen molar-refractivity contribution in [3.8, 4) is 5.75 Å². The van der Waals surface area contributed by atoms with Crippen LogP contribution in [0.3, 0.4) is 0 Å². The summed E-state index contributed by atoms with van der Waals surface area (Å²) in [6.07, 6.45) is -3.68. The van der Waals surface area contributed by atoms with Gasteiger partial charge in [-0.15, -0.1) is 0 Å². The lowest BCUT2D eigenvalue weighted by Crippen LogP contribution is -2.37. The number of nitrogens with one attached hydrogen (secondary N) is 1. The van der Waals surface area contributed by atoms with Gasteiger partial charge in [-0.1, -0.05) is 11.3 Å². The van der Waals surface area contributed by atoms with Gasteiger partial charge in [-0.25, -0.2) is 14.6 Å². The number of nitrogens with zero attached hydrogens (tertiary/aromatic N) is 2. The van der Waals surface area contributed by atoms with Crippen LogP contribution in [0, 0.1) is 10.8 Å². The quantitative estimate of drug-likeness (QED) is 0.197. The van der Waals surface area contributed by atoms with E-state index in [4.69, 9.17) is 25.8 Å². The molecule has 2 rings (SSSR count). The minimum absolute atomic E-state index is 0.0673. The Morgan fingerprint density at radius 1 is 1.15 bits per heavy atom. The number of esters is 1. The molecule has 0 aliphatic carbocycles. The minimum Gasteiger partial charge on any atom is -0.481 e. The molecule has 1 aromatic heterocycles. The number of thiazole rings is 1. The molecule has 0 spiro atoms. The Morgan fingerprint density at radius 2 is 1.67 bits per heavy atom. The number of hydrogen-bond acceptors (Lipinski definition) is 8. The maximum Gasteiger partial charge on any atom is 0.490 e. The summed E-state index contributed by atoms with van der Waals surface area (Å²) in [5, 5.41) is 24.2. The minimum atomic E-state index is -5.08. The van der Waals surface area contributed by atoms with Crippen LogP contribution in [0.25, 0.3) is 0 Å². The molecule has 0 atom stereocenters. The molecule has 1 aromatic carbocycles. The number of nitrogen functional groups attached to an aromatic ring is 1. The van der Waals surface area contributed by atoms with Gasteiger partial charge in [0.1, 0.15) is 16.5 Å². The Labute approximate surface area is 189 Å². The highest BCUT2D eigenvalue weighted by Crippen LogP contribution is 2.26. The summed E-state index contributed by atoms with van der Waals surface area (Å²) in [6, 6.07) is 6.28. The molecule has 5 N–H and O–H groups in total. The maximum atomic E-state index is 12.2. The summed E-state index contributed by atoms with van der Waals surface area (Å²) in [7, 11) is 1.72. The number of nitrogens with two attached hydrogens (primary N) is 1. The van der Waals surface area contributed by atoms with E-state index in [0.717, 1.165) is 11.3 Å². The average Bonchev–Trinajstić information content (AvgIpc) is 3.18. The molecule has 0 saturated heterocycles. The van der Waals surface area contributed by atoms with E-state index >= 15 is 0 Å². The highest BCUT2D eigenvalue weighted by molar-refractivity contribution is 7.17. The number of ether oxygens (including phenoxy) is 1. The summed E-state index contributed by atoms with van der Waals surface area (Å²) < 4.78 is 37.0. The predicted molar refractivity (Wildman–Crippen MR) is 113 cm³/mol. The van der Waals surface area contributed by atoms with Gasteiger partial charge in [-0.3, -0.25) is 10.2 Å². The lowest BCUT2D eigenvalue weighted by Gasteiger charge is -2.26. The monoisotopic (exact) mass is 490 g/mol. The number of carbonyl (C=O) groups is 3. The maximum absolute atomic E-state index is 12.2. The van der Waals surface area contributed by atoms with Crippen LogP contribution in [0.15, 0.2) is 30.5 Å². The van der Waals surface area contributed by atoms with Crippen LogP contribution < -0.4 is 15.4 Å². The SMILES string of the molecule is CN(CC(C)(C)C(=O)O)c1ncc(C(=O)Oc2ccc(C(=N)N)cc2)s1.O=C(O)C(F)(F)F. The molecule has 180 valence electrons. The van der Waals surface area contributed by atoms with Gasteiger partial charge in [0.25, 0.3) is 0 Å². The molecule has 2 aromatic rings. The zero-order valence-corrected chi connectivity index (χ0v) is 18.5. The number of rotatable bonds is 7. The fourth-order valence-electron chi connectivity index (χ4n) is 2.12. The first kappa shape index (κ1) is 27.4. The number of halogens is 3. The molecular formula is C19H21F3N4O6S. The molecule has 0 radical (unpaired) electrons. The second-order valence-corrected chi connectivity index (χ2v) is 8.19. The molecule has 33 heavy (non-hydrogen) atoms. The van der Waals surface area contributed by atoms with Crippen LogP contribution in [-0.4, -0.2) is 58.7 Å². The number of carboxylic acids is 2. The van der Waals surface area contributed by atoms with Crippen molar-refractivity contribution < 1.29 is 42.5 Å². The first-order chi connectivity index (χ1) is 15.0. The summed E-state index contributed by atoms with van der Waals surface area (Å²) in [6.45, 7) is 3.50. The molecule has 1 heterocycles. The summed E-state index contributed by atoms with van der Waals surface area (Å²) in [4.78, 5) is 38.5. The highest BCUT2D eigenvalue weighted by atomic mass is 32.1. The smallest absolute Gasteiger partial charge is 0.481 e. The van der Waals surface area contributed by atoms with Gasteiger partial charge < -0.3 is 25.6 Å². The van der Waals surface area contributed by atoms with Gasteiger partial charge in [-0.05, 0) is 38.1 Å². The van der Waals surface area contributed by atoms with Crippen molar-refractivity contribution in [2.24, 2.45) is 11.1 Å². The summed E-state index contributed by atoms with van der Waals surface area (Å²) in [5.74, 6) is -3.96. The van der Waals surface area contributed by atoms with E-state index in [1.165, 1.54) is 6.20 Å². The van der Waals surface area contributed by atoms with Crippen LogP contribution in [0.1, 0.15) is 29.1 Å². The second kappa shape index (κ2) is 10.8. The third kappa shape index (κ3) is 8.40. The van der Waals surface area contributed by atoms with Crippen molar-refractivity contribution in [1.29, 1.82) is 5.41 Å². The number of hydrogen-bond donors (Lipinski definition) is 4. The van der Waals surface area contributed by atoms with Crippen LogP contribution in [-0.2, 0) is 9.59 Å². The Hall–Kier alpha value is -3.68. The van der Waals surface area contributed by atoms with Crippen molar-refractivity contribution in [3.05, 3.63) is 40.9 Å². The van der Waals surface area contributed by atoms with E-state index in [2.05, 4.69) is 4.98 Å². The summed E-state index contributed by atoms with van der Waals surface area (Å²) >= 11 is 1.12. The lowest BCUT2D eigenvalue weighted by atomic mass is 9.93. The number of anilines is 1. The average molecular weight is 490 g/mol. The third-order valence-corrected chi connectivity index (χ3v) is 4.94. The molecule has 14 heteroatoms. The molecule has 0 aliphatic heterocycles. The molecule has 0 amide bonds. The highest BCUT2D eigenvalue weighted by Gasteiger charge is 2.38. The van der Waals surface area contributed by atoms with Crippen LogP contribution in [0.2, 0.25) is 0 Å². The van der Waals surface area contributed by atoms with Gasteiger partial charge in [-0.2, -0.15) is 13.2 Å². The normalized spacial score (nSPS) is 11.1. The largest absolute Gasteiger partial charge is 0.490 e. The molecular weight excluding hydrogens is 469 g/mol. The molecule has 0 fully saturated rings. The number of benzene rings is 1. The molecule has 0 saturated carbocycles. The van der Waals surface area contributed by atoms with Crippen LogP contribution in [0.4, 0.5) is 18.3 Å². The predicted octanol–water partition coefficient (Wildman–Crippen LogP) is 2.83. The zero-order chi connectivity index (χ0) is 25.6. The van der Waals surface area contributed by atoms with E-state index in [1.807, 2.05) is 0 Å². The zero-order valence-electron chi connectivity index (χ0n) is 17.6.